The van der Waals surface area contributed by atoms with Crippen LogP contribution in [0.3, 0.4) is 0 Å². The fourth-order valence-electron chi connectivity index (χ4n) is 4.88. The zero-order valence-electron chi connectivity index (χ0n) is 14.6. The number of hydrogen-bond acceptors (Lipinski definition) is 3. The second kappa shape index (κ2) is 7.85. The maximum atomic E-state index is 12.8. The van der Waals surface area contributed by atoms with Crippen molar-refractivity contribution in [2.45, 2.75) is 63.5 Å². The second-order valence-electron chi connectivity index (χ2n) is 7.43. The van der Waals surface area contributed by atoms with E-state index in [9.17, 15) is 13.2 Å². The molecule has 3 atom stereocenters. The van der Waals surface area contributed by atoms with Gasteiger partial charge in [-0.25, -0.2) is 0 Å². The fourth-order valence-corrected chi connectivity index (χ4v) is 4.88. The monoisotopic (exact) mass is 391 g/mol. The number of para-hydroxylation sites is 1. The quantitative estimate of drug-likeness (QED) is 0.686. The minimum Gasteiger partial charge on any atom is -0.404 e. The van der Waals surface area contributed by atoms with E-state index in [0.29, 0.717) is 24.1 Å². The van der Waals surface area contributed by atoms with Crippen molar-refractivity contribution in [2.24, 2.45) is 11.8 Å². The molecule has 146 valence electrons. The van der Waals surface area contributed by atoms with Crippen molar-refractivity contribution in [1.29, 1.82) is 0 Å². The van der Waals surface area contributed by atoms with Crippen LogP contribution in [0.15, 0.2) is 18.2 Å². The molecule has 0 spiro atoms. The Morgan fingerprint density at radius 3 is 2.54 bits per heavy atom. The van der Waals surface area contributed by atoms with Gasteiger partial charge in [-0.3, -0.25) is 0 Å². The summed E-state index contributed by atoms with van der Waals surface area (Å²) in [5.74, 6) is 0.680. The molecule has 0 unspecified atom stereocenters. The van der Waals surface area contributed by atoms with E-state index in [1.807, 2.05) is 6.07 Å². The normalized spacial score (nSPS) is 29.0. The van der Waals surface area contributed by atoms with Gasteiger partial charge in [0.1, 0.15) is 0 Å². The molecule has 2 heterocycles. The first-order valence-electron chi connectivity index (χ1n) is 9.30. The lowest BCUT2D eigenvalue weighted by atomic mass is 9.71. The van der Waals surface area contributed by atoms with E-state index < -0.39 is 6.36 Å². The van der Waals surface area contributed by atoms with Gasteiger partial charge in [0.15, 0.2) is 5.75 Å². The lowest BCUT2D eigenvalue weighted by Crippen LogP contribution is -2.46. The molecule has 3 nitrogen and oxygen atoms in total. The van der Waals surface area contributed by atoms with Crippen LogP contribution in [-0.2, 0) is 4.74 Å². The van der Waals surface area contributed by atoms with Gasteiger partial charge in [-0.05, 0) is 37.7 Å². The van der Waals surface area contributed by atoms with Gasteiger partial charge in [-0.15, -0.1) is 25.6 Å². The van der Waals surface area contributed by atoms with E-state index in [1.54, 1.807) is 6.07 Å². The van der Waals surface area contributed by atoms with E-state index in [2.05, 4.69) is 10.1 Å². The van der Waals surface area contributed by atoms with Crippen LogP contribution >= 0.6 is 12.4 Å². The van der Waals surface area contributed by atoms with Gasteiger partial charge in [0.25, 0.3) is 0 Å². The summed E-state index contributed by atoms with van der Waals surface area (Å²) in [5.41, 5.74) is 1.28. The molecule has 7 heteroatoms. The summed E-state index contributed by atoms with van der Waals surface area (Å²) in [7, 11) is 0. The van der Waals surface area contributed by atoms with Crippen molar-refractivity contribution >= 4 is 18.1 Å². The maximum absolute atomic E-state index is 12.8. The molecule has 0 aromatic heterocycles. The molecule has 26 heavy (non-hydrogen) atoms. The minimum atomic E-state index is -4.69. The summed E-state index contributed by atoms with van der Waals surface area (Å²) in [5, 5.41) is 3.45. The molecule has 0 radical (unpaired) electrons. The first-order chi connectivity index (χ1) is 12.0. The average molecular weight is 392 g/mol. The molecule has 0 bridgehead atoms. The molecular weight excluding hydrogens is 367 g/mol. The number of hydrogen-bond donors (Lipinski definition) is 1. The molecule has 1 aliphatic carbocycles. The van der Waals surface area contributed by atoms with Gasteiger partial charge in [-0.2, -0.15) is 0 Å². The highest BCUT2D eigenvalue weighted by Crippen LogP contribution is 2.50. The Kier molecular flexibility index (Phi) is 5.92. The molecule has 1 saturated heterocycles. The van der Waals surface area contributed by atoms with Crippen LogP contribution in [0.2, 0.25) is 0 Å². The van der Waals surface area contributed by atoms with E-state index >= 15 is 0 Å². The minimum absolute atomic E-state index is 0. The van der Waals surface area contributed by atoms with Crippen molar-refractivity contribution in [3.8, 4) is 5.75 Å². The van der Waals surface area contributed by atoms with Crippen LogP contribution < -0.4 is 10.1 Å². The summed E-state index contributed by atoms with van der Waals surface area (Å²) in [6.07, 6.45) is 3.19. The van der Waals surface area contributed by atoms with E-state index in [-0.39, 0.29) is 30.3 Å². The molecular formula is C19H25ClF3NO2. The van der Waals surface area contributed by atoms with Crippen LogP contribution in [0, 0.1) is 11.8 Å². The number of benzene rings is 1. The molecule has 1 N–H and O–H groups in total. The number of anilines is 1. The smallest absolute Gasteiger partial charge is 0.404 e. The Bertz CT molecular complexity index is 619. The Morgan fingerprint density at radius 1 is 1.04 bits per heavy atom. The molecule has 2 aliphatic heterocycles. The van der Waals surface area contributed by atoms with Crippen molar-refractivity contribution in [1.82, 2.24) is 0 Å². The van der Waals surface area contributed by atoms with E-state index in [4.69, 9.17) is 4.74 Å². The average Bonchev–Trinajstić information content (AvgIpc) is 2.61. The number of fused-ring (bicyclic) bond motifs is 3. The fraction of sp³-hybridized carbons (Fsp3) is 0.684. The van der Waals surface area contributed by atoms with Crippen molar-refractivity contribution in [3.05, 3.63) is 23.8 Å². The maximum Gasteiger partial charge on any atom is 0.573 e. The molecule has 2 fully saturated rings. The second-order valence-corrected chi connectivity index (χ2v) is 7.43. The first-order valence-corrected chi connectivity index (χ1v) is 9.30. The topological polar surface area (TPSA) is 30.5 Å². The number of alkyl halides is 3. The highest BCUT2D eigenvalue weighted by atomic mass is 35.5. The van der Waals surface area contributed by atoms with Gasteiger partial charge in [0.05, 0.1) is 11.8 Å². The van der Waals surface area contributed by atoms with Crippen LogP contribution in [0.4, 0.5) is 18.9 Å². The third kappa shape index (κ3) is 3.91. The largest absolute Gasteiger partial charge is 0.573 e. The molecule has 0 amide bonds. The molecule has 4 rings (SSSR count). The molecule has 1 aromatic rings. The van der Waals surface area contributed by atoms with Gasteiger partial charge in [0, 0.05) is 24.1 Å². The Balaban J connectivity index is 0.00000196. The van der Waals surface area contributed by atoms with Crippen LogP contribution in [0.1, 0.15) is 56.6 Å². The SMILES string of the molecule is Cl.FC(F)(F)Oc1cccc2c1N[C@H](C1CCCCC1)[C@@H]1CCCO[C@H]21. The van der Waals surface area contributed by atoms with Crippen LogP contribution in [0.5, 0.6) is 5.75 Å². The third-order valence-corrected chi connectivity index (χ3v) is 5.89. The Labute approximate surface area is 158 Å². The summed E-state index contributed by atoms with van der Waals surface area (Å²) in [6, 6.07) is 5.04. The summed E-state index contributed by atoms with van der Waals surface area (Å²) >= 11 is 0. The van der Waals surface area contributed by atoms with Crippen LogP contribution in [0.25, 0.3) is 0 Å². The lowest BCUT2D eigenvalue weighted by molar-refractivity contribution is -0.274. The van der Waals surface area contributed by atoms with Crippen molar-refractivity contribution in [2.75, 3.05) is 11.9 Å². The van der Waals surface area contributed by atoms with Gasteiger partial charge in [0.2, 0.25) is 0 Å². The molecule has 1 aromatic carbocycles. The predicted octanol–water partition coefficient (Wildman–Crippen LogP) is 5.85. The number of ether oxygens (including phenoxy) is 2. The number of rotatable bonds is 2. The van der Waals surface area contributed by atoms with Gasteiger partial charge < -0.3 is 14.8 Å². The third-order valence-electron chi connectivity index (χ3n) is 5.89. The van der Waals surface area contributed by atoms with Crippen molar-refractivity contribution in [3.63, 3.8) is 0 Å². The molecule has 1 saturated carbocycles. The highest BCUT2D eigenvalue weighted by Gasteiger charge is 2.44. The molecule has 3 aliphatic rings. The lowest BCUT2D eigenvalue weighted by Gasteiger charge is -2.47. The summed E-state index contributed by atoms with van der Waals surface area (Å²) in [6.45, 7) is 0.669. The zero-order chi connectivity index (χ0) is 17.4. The summed E-state index contributed by atoms with van der Waals surface area (Å²) < 4.78 is 48.8. The highest BCUT2D eigenvalue weighted by molar-refractivity contribution is 5.85. The Hall–Kier alpha value is -1.14. The first kappa shape index (κ1) is 19.6. The predicted molar refractivity (Wildman–Crippen MR) is 95.8 cm³/mol. The Morgan fingerprint density at radius 2 is 1.81 bits per heavy atom. The van der Waals surface area contributed by atoms with Gasteiger partial charge >= 0.3 is 6.36 Å². The van der Waals surface area contributed by atoms with E-state index in [0.717, 1.165) is 31.2 Å². The van der Waals surface area contributed by atoms with Crippen LogP contribution in [-0.4, -0.2) is 19.0 Å². The van der Waals surface area contributed by atoms with Crippen molar-refractivity contribution < 1.29 is 22.6 Å². The van der Waals surface area contributed by atoms with Gasteiger partial charge in [-0.1, -0.05) is 31.4 Å². The zero-order valence-corrected chi connectivity index (χ0v) is 15.4. The summed E-state index contributed by atoms with van der Waals surface area (Å²) in [4.78, 5) is 0. The standard InChI is InChI=1S/C19H24F3NO2.ClH/c20-19(21,22)25-15-10-4-8-14-17(15)23-16(12-6-2-1-3-7-12)13-9-5-11-24-18(13)14;/h4,8,10,12-13,16,18,23H,1-3,5-7,9,11H2;1H/t13-,16+,18-;/m0./s1. The number of nitrogens with one attached hydrogen (secondary N) is 1. The number of halogens is 4. The van der Waals surface area contributed by atoms with E-state index in [1.165, 1.54) is 25.3 Å².